The number of carbonyl (C=O) groups is 1. The number of halogens is 3. The number of nitrogens with zero attached hydrogens (tertiary/aromatic N) is 2. The minimum absolute atomic E-state index is 0.0644. The summed E-state index contributed by atoms with van der Waals surface area (Å²) >= 11 is 0. The van der Waals surface area contributed by atoms with Crippen molar-refractivity contribution in [2.75, 3.05) is 12.4 Å². The van der Waals surface area contributed by atoms with E-state index in [1.165, 1.54) is 21.4 Å². The SMILES string of the molecule is C=C(F)C(=O)C(C)CC.CCC(CC)C(NC)c1c(-c2cn[nH]c2)ccnc1Nc1ccc(OC(F)(F)P)cc1. The van der Waals surface area contributed by atoms with Crippen LogP contribution >= 0.6 is 9.24 Å². The first-order chi connectivity index (χ1) is 18.9. The minimum Gasteiger partial charge on any atom is -0.430 e. The first-order valence-corrected chi connectivity index (χ1v) is 13.8. The molecule has 0 aliphatic heterocycles. The van der Waals surface area contributed by atoms with Crippen LogP contribution in [0, 0.1) is 11.8 Å². The van der Waals surface area contributed by atoms with Crippen molar-refractivity contribution >= 4 is 26.5 Å². The summed E-state index contributed by atoms with van der Waals surface area (Å²) in [6.45, 7) is 10.8. The number of anilines is 2. The van der Waals surface area contributed by atoms with Gasteiger partial charge >= 0.3 is 5.85 Å². The molecule has 3 unspecified atom stereocenters. The number of ketones is 1. The van der Waals surface area contributed by atoms with Gasteiger partial charge in [0.25, 0.3) is 0 Å². The number of carbonyl (C=O) groups excluding carboxylic acids is 1. The Labute approximate surface area is 236 Å². The number of allylic oxidation sites excluding steroid dienone is 1. The number of H-pyrrole nitrogens is 1. The molecule has 3 rings (SSSR count). The number of aromatic amines is 1. The van der Waals surface area contributed by atoms with Gasteiger partial charge in [0, 0.05) is 41.2 Å². The number of hydrogen-bond acceptors (Lipinski definition) is 6. The summed E-state index contributed by atoms with van der Waals surface area (Å²) in [4.78, 5) is 15.2. The first kappa shape index (κ1) is 33.0. The van der Waals surface area contributed by atoms with E-state index in [1.807, 2.05) is 26.2 Å². The van der Waals surface area contributed by atoms with Gasteiger partial charge in [-0.3, -0.25) is 9.89 Å². The Kier molecular flexibility index (Phi) is 12.8. The minimum atomic E-state index is -3.31. The highest BCUT2D eigenvalue weighted by Gasteiger charge is 2.26. The maximum atomic E-state index is 13.1. The molecule has 3 atom stereocenters. The van der Waals surface area contributed by atoms with E-state index in [-0.39, 0.29) is 17.7 Å². The summed E-state index contributed by atoms with van der Waals surface area (Å²) in [6, 6.07) is 8.41. The Morgan fingerprint density at radius 3 is 2.25 bits per heavy atom. The van der Waals surface area contributed by atoms with Crippen molar-refractivity contribution in [2.24, 2.45) is 11.8 Å². The van der Waals surface area contributed by atoms with Crippen molar-refractivity contribution < 1.29 is 22.7 Å². The van der Waals surface area contributed by atoms with Crippen molar-refractivity contribution in [2.45, 2.75) is 58.8 Å². The zero-order chi connectivity index (χ0) is 29.9. The van der Waals surface area contributed by atoms with Crippen LogP contribution in [-0.2, 0) is 4.79 Å². The standard InChI is InChI=1S/C22H28F2N5OP.C7H11FO/c1-4-14(5-2)20(25-3)19-18(15-12-27-28-13-15)10-11-26-21(19)29-16-6-8-17(9-7-16)30-22(23,24)31;1-4-5(2)7(9)6(3)8/h6-14,20,25H,4-5,31H2,1-3H3,(H,26,29)(H,27,28);5H,3-4H2,1-2H3. The molecule has 0 amide bonds. The van der Waals surface area contributed by atoms with E-state index in [0.717, 1.165) is 35.2 Å². The zero-order valence-corrected chi connectivity index (χ0v) is 24.8. The molecule has 7 nitrogen and oxygen atoms in total. The van der Waals surface area contributed by atoms with Crippen LogP contribution in [0.2, 0.25) is 0 Å². The number of hydrogen-bond donors (Lipinski definition) is 3. The monoisotopic (exact) mass is 577 g/mol. The summed E-state index contributed by atoms with van der Waals surface area (Å²) in [7, 11) is 3.32. The highest BCUT2D eigenvalue weighted by Crippen LogP contribution is 2.39. The number of aromatic nitrogens is 3. The van der Waals surface area contributed by atoms with E-state index in [2.05, 4.69) is 51.0 Å². The molecule has 2 heterocycles. The van der Waals surface area contributed by atoms with Crippen LogP contribution in [-0.4, -0.2) is 33.9 Å². The van der Waals surface area contributed by atoms with Gasteiger partial charge < -0.3 is 15.4 Å². The molecule has 40 heavy (non-hydrogen) atoms. The van der Waals surface area contributed by atoms with Crippen LogP contribution in [0.3, 0.4) is 0 Å². The van der Waals surface area contributed by atoms with E-state index in [4.69, 9.17) is 0 Å². The van der Waals surface area contributed by atoms with Crippen LogP contribution in [0.25, 0.3) is 11.1 Å². The normalized spacial score (nSPS) is 12.8. The third-order valence-corrected chi connectivity index (χ3v) is 6.76. The first-order valence-electron chi connectivity index (χ1n) is 13.2. The molecule has 11 heteroatoms. The Morgan fingerprint density at radius 1 is 1.15 bits per heavy atom. The highest BCUT2D eigenvalue weighted by atomic mass is 31.0. The quantitative estimate of drug-likeness (QED) is 0.142. The van der Waals surface area contributed by atoms with Gasteiger partial charge in [-0.05, 0) is 64.5 Å². The highest BCUT2D eigenvalue weighted by molar-refractivity contribution is 7.17. The zero-order valence-electron chi connectivity index (χ0n) is 23.6. The van der Waals surface area contributed by atoms with Gasteiger partial charge in [-0.25, -0.2) is 9.37 Å². The number of pyridine rings is 1. The van der Waals surface area contributed by atoms with Gasteiger partial charge in [-0.1, -0.05) is 47.1 Å². The van der Waals surface area contributed by atoms with Gasteiger partial charge in [0.1, 0.15) is 11.6 Å². The number of benzene rings is 1. The smallest absolute Gasteiger partial charge is 0.408 e. The second-order valence-electron chi connectivity index (χ2n) is 9.34. The number of alkyl halides is 2. The lowest BCUT2D eigenvalue weighted by Crippen LogP contribution is -2.26. The number of ether oxygens (including phenoxy) is 1. The van der Waals surface area contributed by atoms with Crippen molar-refractivity contribution in [1.29, 1.82) is 0 Å². The van der Waals surface area contributed by atoms with E-state index in [0.29, 0.717) is 18.2 Å². The fourth-order valence-corrected chi connectivity index (χ4v) is 4.40. The van der Waals surface area contributed by atoms with Crippen LogP contribution in [0.15, 0.2) is 61.3 Å². The summed E-state index contributed by atoms with van der Waals surface area (Å²) in [5, 5.41) is 13.8. The fourth-order valence-electron chi connectivity index (χ4n) is 4.27. The lowest BCUT2D eigenvalue weighted by Gasteiger charge is -2.29. The Hall–Kier alpha value is -3.23. The van der Waals surface area contributed by atoms with Crippen molar-refractivity contribution in [1.82, 2.24) is 20.5 Å². The maximum Gasteiger partial charge on any atom is 0.408 e. The topological polar surface area (TPSA) is 91.9 Å². The average Bonchev–Trinajstić information content (AvgIpc) is 3.46. The van der Waals surface area contributed by atoms with Gasteiger partial charge in [0.05, 0.1) is 6.20 Å². The Morgan fingerprint density at radius 2 is 1.80 bits per heavy atom. The predicted octanol–water partition coefficient (Wildman–Crippen LogP) is 7.80. The summed E-state index contributed by atoms with van der Waals surface area (Å²) in [6.07, 6.45) is 8.09. The van der Waals surface area contributed by atoms with Crippen molar-refractivity contribution in [3.63, 3.8) is 0 Å². The van der Waals surface area contributed by atoms with E-state index in [1.54, 1.807) is 31.5 Å². The molecule has 0 fully saturated rings. The largest absolute Gasteiger partial charge is 0.430 e. The molecule has 1 aromatic carbocycles. The third kappa shape index (κ3) is 9.45. The van der Waals surface area contributed by atoms with Gasteiger partial charge in [0.15, 0.2) is 11.6 Å². The molecule has 0 bridgehead atoms. The molecular weight excluding hydrogens is 538 g/mol. The Balaban J connectivity index is 0.000000536. The summed E-state index contributed by atoms with van der Waals surface area (Å²) in [5.74, 6) is -3.64. The van der Waals surface area contributed by atoms with Crippen LogP contribution in [0.1, 0.15) is 58.6 Å². The molecule has 2 aromatic heterocycles. The maximum absolute atomic E-state index is 13.1. The van der Waals surface area contributed by atoms with E-state index >= 15 is 0 Å². The fraction of sp³-hybridized carbons (Fsp3) is 0.414. The molecule has 0 aliphatic carbocycles. The molecule has 3 aromatic rings. The van der Waals surface area contributed by atoms with Crippen LogP contribution in [0.5, 0.6) is 5.75 Å². The molecule has 0 saturated heterocycles. The second-order valence-corrected chi connectivity index (χ2v) is 10.0. The van der Waals surface area contributed by atoms with Crippen molar-refractivity contribution in [3.8, 4) is 16.9 Å². The van der Waals surface area contributed by atoms with Gasteiger partial charge in [-0.15, -0.1) is 0 Å². The van der Waals surface area contributed by atoms with Crippen LogP contribution in [0.4, 0.5) is 24.7 Å². The Bertz CT molecular complexity index is 1210. The van der Waals surface area contributed by atoms with Gasteiger partial charge in [0.2, 0.25) is 0 Å². The molecule has 0 aliphatic rings. The molecule has 218 valence electrons. The van der Waals surface area contributed by atoms with Crippen LogP contribution < -0.4 is 15.4 Å². The lowest BCUT2D eigenvalue weighted by molar-refractivity contribution is -0.120. The van der Waals surface area contributed by atoms with E-state index in [9.17, 15) is 18.0 Å². The average molecular weight is 578 g/mol. The van der Waals surface area contributed by atoms with Crippen molar-refractivity contribution in [3.05, 3.63) is 66.9 Å². The molecule has 0 saturated carbocycles. The predicted molar refractivity (Wildman–Crippen MR) is 157 cm³/mol. The number of rotatable bonds is 13. The molecular formula is C29H39F3N5O2P. The van der Waals surface area contributed by atoms with E-state index < -0.39 is 17.5 Å². The third-order valence-electron chi connectivity index (χ3n) is 6.64. The number of nitrogens with one attached hydrogen (secondary N) is 3. The second kappa shape index (κ2) is 15.5. The lowest BCUT2D eigenvalue weighted by atomic mass is 9.85. The summed E-state index contributed by atoms with van der Waals surface area (Å²) in [5.41, 5.74) is 3.76. The number of Topliss-reactive ketones (excluding diaryl/α,β-unsaturated/α-hetero) is 1. The molecule has 0 radical (unpaired) electrons. The summed E-state index contributed by atoms with van der Waals surface area (Å²) < 4.78 is 42.7. The molecule has 0 spiro atoms. The molecule has 3 N–H and O–H groups in total. The van der Waals surface area contributed by atoms with Gasteiger partial charge in [-0.2, -0.15) is 13.9 Å².